The maximum absolute atomic E-state index is 12.3. The van der Waals surface area contributed by atoms with Crippen LogP contribution in [0.15, 0.2) is 18.2 Å². The predicted octanol–water partition coefficient (Wildman–Crippen LogP) is 3.40. The number of ether oxygens (including phenoxy) is 1. The van der Waals surface area contributed by atoms with Crippen molar-refractivity contribution in [3.05, 3.63) is 23.8 Å². The highest BCUT2D eigenvalue weighted by atomic mass is 16.5. The molecule has 0 aliphatic carbocycles. The van der Waals surface area contributed by atoms with E-state index in [1.54, 1.807) is 4.90 Å². The van der Waals surface area contributed by atoms with Crippen LogP contribution in [-0.4, -0.2) is 31.0 Å². The zero-order valence-corrected chi connectivity index (χ0v) is 16.0. The lowest BCUT2D eigenvalue weighted by molar-refractivity contribution is -0.123. The van der Waals surface area contributed by atoms with Crippen LogP contribution in [0.2, 0.25) is 0 Å². The minimum absolute atomic E-state index is 0.00261. The smallest absolute Gasteiger partial charge is 0.265 e. The van der Waals surface area contributed by atoms with Gasteiger partial charge in [-0.3, -0.25) is 9.59 Å². The van der Waals surface area contributed by atoms with Crippen molar-refractivity contribution < 1.29 is 14.3 Å². The van der Waals surface area contributed by atoms with Gasteiger partial charge in [0.05, 0.1) is 5.69 Å². The molecule has 0 saturated carbocycles. The molecule has 1 heterocycles. The van der Waals surface area contributed by atoms with Crippen molar-refractivity contribution in [2.45, 2.75) is 65.3 Å². The molecule has 138 valence electrons. The standard InChI is InChI=1S/C20H30N2O3/c1-6-14(2)21-18(23)8-7-11-22-16-12-15(20(3,4)5)9-10-17(16)25-13-19(22)24/h9-10,12,14H,6-8,11,13H2,1-5H3,(H,21,23). The van der Waals surface area contributed by atoms with Gasteiger partial charge in [-0.2, -0.15) is 0 Å². The second kappa shape index (κ2) is 7.89. The van der Waals surface area contributed by atoms with Gasteiger partial charge in [0.15, 0.2) is 6.61 Å². The van der Waals surface area contributed by atoms with Crippen molar-refractivity contribution in [3.8, 4) is 5.75 Å². The molecule has 5 nitrogen and oxygen atoms in total. The number of rotatable bonds is 6. The first-order chi connectivity index (χ1) is 11.7. The number of anilines is 1. The van der Waals surface area contributed by atoms with Crippen molar-refractivity contribution in [1.29, 1.82) is 0 Å². The van der Waals surface area contributed by atoms with Gasteiger partial charge in [0, 0.05) is 19.0 Å². The molecule has 1 atom stereocenters. The highest BCUT2D eigenvalue weighted by Gasteiger charge is 2.27. The van der Waals surface area contributed by atoms with Crippen molar-refractivity contribution in [3.63, 3.8) is 0 Å². The zero-order valence-electron chi connectivity index (χ0n) is 16.0. The minimum atomic E-state index is -0.0547. The van der Waals surface area contributed by atoms with Crippen molar-refractivity contribution >= 4 is 17.5 Å². The van der Waals surface area contributed by atoms with Gasteiger partial charge in [0.2, 0.25) is 5.91 Å². The number of fused-ring (bicyclic) bond motifs is 1. The number of hydrogen-bond acceptors (Lipinski definition) is 3. The van der Waals surface area contributed by atoms with Crippen LogP contribution in [0.1, 0.15) is 59.4 Å². The summed E-state index contributed by atoms with van der Waals surface area (Å²) in [5.74, 6) is 0.719. The maximum atomic E-state index is 12.3. The van der Waals surface area contributed by atoms with Gasteiger partial charge in [-0.05, 0) is 42.9 Å². The third-order valence-corrected chi connectivity index (χ3v) is 4.57. The number of carbonyl (C=O) groups excluding carboxylic acids is 2. The third-order valence-electron chi connectivity index (χ3n) is 4.57. The summed E-state index contributed by atoms with van der Waals surface area (Å²) in [5, 5.41) is 2.96. The number of amides is 2. The van der Waals surface area contributed by atoms with Crippen LogP contribution < -0.4 is 15.0 Å². The summed E-state index contributed by atoms with van der Waals surface area (Å²) in [7, 11) is 0. The summed E-state index contributed by atoms with van der Waals surface area (Å²) in [6.45, 7) is 11.0. The van der Waals surface area contributed by atoms with E-state index in [2.05, 4.69) is 26.1 Å². The highest BCUT2D eigenvalue weighted by molar-refractivity contribution is 5.98. The molecule has 1 aliphatic heterocycles. The molecule has 1 aliphatic rings. The van der Waals surface area contributed by atoms with E-state index < -0.39 is 0 Å². The Hall–Kier alpha value is -2.04. The normalized spacial score (nSPS) is 15.4. The summed E-state index contributed by atoms with van der Waals surface area (Å²) in [5.41, 5.74) is 1.97. The summed E-state index contributed by atoms with van der Waals surface area (Å²) in [4.78, 5) is 26.0. The molecule has 0 saturated heterocycles. The molecular weight excluding hydrogens is 316 g/mol. The van der Waals surface area contributed by atoms with Gasteiger partial charge < -0.3 is 15.0 Å². The number of carbonyl (C=O) groups is 2. The predicted molar refractivity (Wildman–Crippen MR) is 100 cm³/mol. The second-order valence-corrected chi connectivity index (χ2v) is 7.75. The van der Waals surface area contributed by atoms with Crippen LogP contribution in [-0.2, 0) is 15.0 Å². The third kappa shape index (κ3) is 4.97. The molecule has 25 heavy (non-hydrogen) atoms. The van der Waals surface area contributed by atoms with Gasteiger partial charge in [0.1, 0.15) is 5.75 Å². The molecule has 0 bridgehead atoms. The maximum Gasteiger partial charge on any atom is 0.265 e. The average Bonchev–Trinajstić information content (AvgIpc) is 2.55. The Morgan fingerprint density at radius 1 is 1.36 bits per heavy atom. The zero-order chi connectivity index (χ0) is 18.6. The van der Waals surface area contributed by atoms with Crippen LogP contribution in [0.5, 0.6) is 5.75 Å². The fourth-order valence-electron chi connectivity index (χ4n) is 2.76. The van der Waals surface area contributed by atoms with E-state index in [9.17, 15) is 9.59 Å². The Balaban J connectivity index is 2.06. The summed E-state index contributed by atoms with van der Waals surface area (Å²) < 4.78 is 5.56. The molecule has 0 spiro atoms. The van der Waals surface area contributed by atoms with E-state index in [1.165, 1.54) is 0 Å². The molecule has 1 N–H and O–H groups in total. The molecule has 2 rings (SSSR count). The highest BCUT2D eigenvalue weighted by Crippen LogP contribution is 2.36. The van der Waals surface area contributed by atoms with Crippen LogP contribution >= 0.6 is 0 Å². The van der Waals surface area contributed by atoms with E-state index >= 15 is 0 Å². The molecule has 0 radical (unpaired) electrons. The Morgan fingerprint density at radius 3 is 2.72 bits per heavy atom. The number of nitrogens with one attached hydrogen (secondary N) is 1. The van der Waals surface area contributed by atoms with E-state index in [1.807, 2.05) is 32.0 Å². The Bertz CT molecular complexity index is 634. The minimum Gasteiger partial charge on any atom is -0.482 e. The van der Waals surface area contributed by atoms with Gasteiger partial charge >= 0.3 is 0 Å². The Labute approximate surface area is 150 Å². The lowest BCUT2D eigenvalue weighted by Crippen LogP contribution is -2.40. The summed E-state index contributed by atoms with van der Waals surface area (Å²) >= 11 is 0. The monoisotopic (exact) mass is 346 g/mol. The molecule has 1 unspecified atom stereocenters. The molecule has 0 fully saturated rings. The van der Waals surface area contributed by atoms with E-state index in [0.29, 0.717) is 19.4 Å². The lowest BCUT2D eigenvalue weighted by Gasteiger charge is -2.31. The second-order valence-electron chi connectivity index (χ2n) is 7.75. The SMILES string of the molecule is CCC(C)NC(=O)CCCN1C(=O)COc2ccc(C(C)(C)C)cc21. The van der Waals surface area contributed by atoms with E-state index in [0.717, 1.165) is 23.4 Å². The van der Waals surface area contributed by atoms with Gasteiger partial charge in [-0.15, -0.1) is 0 Å². The van der Waals surface area contributed by atoms with Gasteiger partial charge in [-0.25, -0.2) is 0 Å². The number of nitrogens with zero attached hydrogens (tertiary/aromatic N) is 1. The van der Waals surface area contributed by atoms with Crippen molar-refractivity contribution in [1.82, 2.24) is 5.32 Å². The topological polar surface area (TPSA) is 58.6 Å². The Kier molecular flexibility index (Phi) is 6.09. The molecule has 1 aromatic carbocycles. The molecule has 2 amide bonds. The van der Waals surface area contributed by atoms with Gasteiger partial charge in [0.25, 0.3) is 5.91 Å². The number of hydrogen-bond donors (Lipinski definition) is 1. The first kappa shape index (κ1) is 19.3. The quantitative estimate of drug-likeness (QED) is 0.859. The molecule has 5 heteroatoms. The average molecular weight is 346 g/mol. The van der Waals surface area contributed by atoms with Gasteiger partial charge in [-0.1, -0.05) is 33.8 Å². The van der Waals surface area contributed by atoms with Crippen LogP contribution in [0.4, 0.5) is 5.69 Å². The fraction of sp³-hybridized carbons (Fsp3) is 0.600. The van der Waals surface area contributed by atoms with E-state index in [4.69, 9.17) is 4.74 Å². The number of benzene rings is 1. The molecular formula is C20H30N2O3. The van der Waals surface area contributed by atoms with Crippen LogP contribution in [0.25, 0.3) is 0 Å². The Morgan fingerprint density at radius 2 is 2.08 bits per heavy atom. The molecule has 0 aromatic heterocycles. The van der Waals surface area contributed by atoms with Crippen molar-refractivity contribution in [2.24, 2.45) is 0 Å². The fourth-order valence-corrected chi connectivity index (χ4v) is 2.76. The van der Waals surface area contributed by atoms with Crippen LogP contribution in [0.3, 0.4) is 0 Å². The summed E-state index contributed by atoms with van der Waals surface area (Å²) in [6, 6.07) is 6.20. The first-order valence-electron chi connectivity index (χ1n) is 9.09. The van der Waals surface area contributed by atoms with Crippen molar-refractivity contribution in [2.75, 3.05) is 18.1 Å². The largest absolute Gasteiger partial charge is 0.482 e. The lowest BCUT2D eigenvalue weighted by atomic mass is 9.86. The van der Waals surface area contributed by atoms with Crippen LogP contribution in [0, 0.1) is 0 Å². The van der Waals surface area contributed by atoms with E-state index in [-0.39, 0.29) is 29.9 Å². The first-order valence-corrected chi connectivity index (χ1v) is 9.09. The molecule has 1 aromatic rings. The summed E-state index contributed by atoms with van der Waals surface area (Å²) in [6.07, 6.45) is 1.97.